The van der Waals surface area contributed by atoms with Gasteiger partial charge in [0.1, 0.15) is 11.5 Å². The molecule has 1 aliphatic rings. The van der Waals surface area contributed by atoms with Gasteiger partial charge in [-0.3, -0.25) is 0 Å². The molecule has 128 valence electrons. The normalized spacial score (nSPS) is 14.4. The van der Waals surface area contributed by atoms with Crippen LogP contribution in [0.5, 0.6) is 0 Å². The highest BCUT2D eigenvalue weighted by molar-refractivity contribution is 5.55. The predicted octanol–water partition coefficient (Wildman–Crippen LogP) is 3.38. The van der Waals surface area contributed by atoms with E-state index in [1.807, 2.05) is 34.9 Å². The number of nitrogens with zero attached hydrogens (tertiary/aromatic N) is 5. The fourth-order valence-electron chi connectivity index (χ4n) is 2.91. The molecule has 25 heavy (non-hydrogen) atoms. The Morgan fingerprint density at radius 3 is 2.44 bits per heavy atom. The first-order chi connectivity index (χ1) is 12.0. The number of rotatable bonds is 2. The van der Waals surface area contributed by atoms with E-state index < -0.39 is 11.9 Å². The summed E-state index contributed by atoms with van der Waals surface area (Å²) in [6, 6.07) is 13.6. The third-order valence-corrected chi connectivity index (χ3v) is 4.13. The third-order valence-electron chi connectivity index (χ3n) is 4.13. The quantitative estimate of drug-likeness (QED) is 0.714. The average Bonchev–Trinajstić information content (AvgIpc) is 3.05. The Labute approximate surface area is 141 Å². The average molecular weight is 345 g/mol. The van der Waals surface area contributed by atoms with Gasteiger partial charge in [-0.15, -0.1) is 10.2 Å². The topological polar surface area (TPSA) is 46.8 Å². The number of halogens is 3. The third kappa shape index (κ3) is 2.95. The molecule has 1 aromatic carbocycles. The number of aromatic nitrogens is 4. The molecular weight excluding hydrogens is 331 g/mol. The lowest BCUT2D eigenvalue weighted by Gasteiger charge is -2.29. The number of benzene rings is 1. The number of hydrogen-bond acceptors (Lipinski definition) is 4. The van der Waals surface area contributed by atoms with Crippen LogP contribution >= 0.6 is 0 Å². The van der Waals surface area contributed by atoms with Crippen molar-refractivity contribution in [3.05, 3.63) is 60.0 Å². The molecule has 0 fully saturated rings. The molecule has 0 saturated heterocycles. The van der Waals surface area contributed by atoms with Crippen LogP contribution in [0.3, 0.4) is 0 Å². The van der Waals surface area contributed by atoms with E-state index in [4.69, 9.17) is 0 Å². The number of fused-ring (bicyclic) bond motifs is 1. The lowest BCUT2D eigenvalue weighted by Crippen LogP contribution is -2.34. The lowest BCUT2D eigenvalue weighted by atomic mass is 10.2. The van der Waals surface area contributed by atoms with Gasteiger partial charge in [-0.2, -0.15) is 13.2 Å². The molecule has 3 heterocycles. The van der Waals surface area contributed by atoms with Crippen molar-refractivity contribution in [1.29, 1.82) is 0 Å². The summed E-state index contributed by atoms with van der Waals surface area (Å²) in [4.78, 5) is 5.53. The zero-order valence-corrected chi connectivity index (χ0v) is 13.1. The summed E-state index contributed by atoms with van der Waals surface area (Å²) in [6.45, 7) is 1.50. The zero-order valence-electron chi connectivity index (χ0n) is 13.1. The van der Waals surface area contributed by atoms with E-state index >= 15 is 0 Å². The van der Waals surface area contributed by atoms with Gasteiger partial charge in [0.05, 0.1) is 6.54 Å². The maximum atomic E-state index is 12.9. The Morgan fingerprint density at radius 2 is 1.68 bits per heavy atom. The second-order valence-corrected chi connectivity index (χ2v) is 5.76. The molecule has 3 aromatic rings. The molecule has 0 bridgehead atoms. The van der Waals surface area contributed by atoms with Gasteiger partial charge in [-0.05, 0) is 12.1 Å². The van der Waals surface area contributed by atoms with Crippen molar-refractivity contribution >= 4 is 5.82 Å². The van der Waals surface area contributed by atoms with E-state index in [9.17, 15) is 13.2 Å². The second-order valence-electron chi connectivity index (χ2n) is 5.76. The minimum Gasteiger partial charge on any atom is -0.347 e. The monoisotopic (exact) mass is 345 g/mol. The van der Waals surface area contributed by atoms with Gasteiger partial charge in [0, 0.05) is 18.7 Å². The van der Waals surface area contributed by atoms with Crippen LogP contribution in [0, 0.1) is 0 Å². The molecule has 0 spiro atoms. The van der Waals surface area contributed by atoms with Gasteiger partial charge in [0.15, 0.2) is 11.6 Å². The van der Waals surface area contributed by atoms with E-state index in [1.165, 1.54) is 6.07 Å². The smallest absolute Gasteiger partial charge is 0.347 e. The van der Waals surface area contributed by atoms with Crippen molar-refractivity contribution < 1.29 is 13.2 Å². The van der Waals surface area contributed by atoms with Gasteiger partial charge in [-0.25, -0.2) is 4.98 Å². The predicted molar refractivity (Wildman–Crippen MR) is 85.7 cm³/mol. The summed E-state index contributed by atoms with van der Waals surface area (Å²) in [6.07, 6.45) is -4.45. The van der Waals surface area contributed by atoms with E-state index in [0.717, 1.165) is 17.5 Å². The molecule has 8 heteroatoms. The van der Waals surface area contributed by atoms with Crippen LogP contribution in [-0.2, 0) is 19.3 Å². The van der Waals surface area contributed by atoms with Crippen LogP contribution in [0.15, 0.2) is 48.5 Å². The first-order valence-electron chi connectivity index (χ1n) is 7.79. The standard InChI is InChI=1S/C17H14F3N5/c18-17(19,20)13-7-4-8-14(21-13)24-9-10-25-15(11-24)22-23-16(25)12-5-2-1-3-6-12/h1-8H,9-11H2. The second kappa shape index (κ2) is 5.87. The fraction of sp³-hybridized carbons (Fsp3) is 0.235. The Hall–Kier alpha value is -2.90. The maximum absolute atomic E-state index is 12.9. The first-order valence-corrected chi connectivity index (χ1v) is 7.79. The number of pyridine rings is 1. The molecule has 0 unspecified atom stereocenters. The minimum atomic E-state index is -4.45. The fourth-order valence-corrected chi connectivity index (χ4v) is 2.91. The molecule has 0 aliphatic carbocycles. The summed E-state index contributed by atoms with van der Waals surface area (Å²) in [5.74, 6) is 1.78. The van der Waals surface area contributed by atoms with E-state index in [2.05, 4.69) is 15.2 Å². The molecule has 5 nitrogen and oxygen atoms in total. The zero-order chi connectivity index (χ0) is 17.4. The van der Waals surface area contributed by atoms with Crippen molar-refractivity contribution in [2.45, 2.75) is 19.3 Å². The van der Waals surface area contributed by atoms with Crippen LogP contribution in [0.4, 0.5) is 19.0 Å². The first kappa shape index (κ1) is 15.6. The summed E-state index contributed by atoms with van der Waals surface area (Å²) in [5, 5.41) is 8.44. The van der Waals surface area contributed by atoms with Crippen molar-refractivity contribution in [1.82, 2.24) is 19.7 Å². The summed E-state index contributed by atoms with van der Waals surface area (Å²) in [7, 11) is 0. The maximum Gasteiger partial charge on any atom is 0.433 e. The lowest BCUT2D eigenvalue weighted by molar-refractivity contribution is -0.141. The number of hydrogen-bond donors (Lipinski definition) is 0. The summed E-state index contributed by atoms with van der Waals surface area (Å²) in [5.41, 5.74) is 0.0777. The highest BCUT2D eigenvalue weighted by atomic mass is 19.4. The minimum absolute atomic E-state index is 0.297. The molecule has 4 rings (SSSR count). The Kier molecular flexibility index (Phi) is 3.67. The molecule has 1 aliphatic heterocycles. The molecule has 2 aromatic heterocycles. The molecule has 0 N–H and O–H groups in total. The molecular formula is C17H14F3N5. The van der Waals surface area contributed by atoms with Gasteiger partial charge < -0.3 is 9.47 Å². The van der Waals surface area contributed by atoms with Gasteiger partial charge in [0.2, 0.25) is 0 Å². The van der Waals surface area contributed by atoms with Crippen molar-refractivity contribution in [3.8, 4) is 11.4 Å². The van der Waals surface area contributed by atoms with Crippen LogP contribution in [0.2, 0.25) is 0 Å². The van der Waals surface area contributed by atoms with Crippen LogP contribution in [-0.4, -0.2) is 26.3 Å². The van der Waals surface area contributed by atoms with E-state index in [1.54, 1.807) is 11.0 Å². The highest BCUT2D eigenvalue weighted by Crippen LogP contribution is 2.30. The number of anilines is 1. The van der Waals surface area contributed by atoms with Crippen LogP contribution in [0.25, 0.3) is 11.4 Å². The van der Waals surface area contributed by atoms with Gasteiger partial charge >= 0.3 is 6.18 Å². The molecule has 0 atom stereocenters. The van der Waals surface area contributed by atoms with Crippen molar-refractivity contribution in [3.63, 3.8) is 0 Å². The Morgan fingerprint density at radius 1 is 0.880 bits per heavy atom. The van der Waals surface area contributed by atoms with E-state index in [-0.39, 0.29) is 0 Å². The Balaban J connectivity index is 1.62. The number of alkyl halides is 3. The van der Waals surface area contributed by atoms with Gasteiger partial charge in [-0.1, -0.05) is 36.4 Å². The summed E-state index contributed by atoms with van der Waals surface area (Å²) < 4.78 is 40.6. The highest BCUT2D eigenvalue weighted by Gasteiger charge is 2.33. The van der Waals surface area contributed by atoms with Crippen molar-refractivity contribution in [2.24, 2.45) is 0 Å². The summed E-state index contributed by atoms with van der Waals surface area (Å²) >= 11 is 0. The molecule has 0 saturated carbocycles. The van der Waals surface area contributed by atoms with E-state index in [0.29, 0.717) is 31.3 Å². The SMILES string of the molecule is FC(F)(F)c1cccc(N2CCn3c(nnc3-c3ccccc3)C2)n1. The van der Waals surface area contributed by atoms with Gasteiger partial charge in [0.25, 0.3) is 0 Å². The molecule has 0 radical (unpaired) electrons. The molecule has 0 amide bonds. The van der Waals surface area contributed by atoms with Crippen molar-refractivity contribution in [2.75, 3.05) is 11.4 Å². The Bertz CT molecular complexity index is 889. The largest absolute Gasteiger partial charge is 0.433 e. The van der Waals surface area contributed by atoms with Crippen LogP contribution in [0.1, 0.15) is 11.5 Å². The van der Waals surface area contributed by atoms with Crippen LogP contribution < -0.4 is 4.90 Å².